The van der Waals surface area contributed by atoms with Gasteiger partial charge in [0.2, 0.25) is 0 Å². The van der Waals surface area contributed by atoms with E-state index in [4.69, 9.17) is 11.2 Å². The van der Waals surface area contributed by atoms with Crippen LogP contribution < -0.4 is 0 Å². The van der Waals surface area contributed by atoms with Crippen LogP contribution in [0.3, 0.4) is 0 Å². The Morgan fingerprint density at radius 1 is 1.18 bits per heavy atom. The first-order chi connectivity index (χ1) is 13.4. The van der Waals surface area contributed by atoms with E-state index in [1.165, 1.54) is 37.7 Å². The van der Waals surface area contributed by atoms with Crippen molar-refractivity contribution in [3.63, 3.8) is 0 Å². The molecule has 0 aromatic rings. The van der Waals surface area contributed by atoms with E-state index in [0.29, 0.717) is 17.8 Å². The molecule has 0 N–H and O–H groups in total. The molecular formula is C26H36O2. The lowest BCUT2D eigenvalue weighted by Crippen LogP contribution is -2.54. The van der Waals surface area contributed by atoms with Crippen molar-refractivity contribution in [3.8, 4) is 12.3 Å². The first kappa shape index (κ1) is 20.0. The molecular weight excluding hydrogens is 344 g/mol. The third kappa shape index (κ3) is 2.77. The highest BCUT2D eigenvalue weighted by atomic mass is 16.5. The van der Waals surface area contributed by atoms with Gasteiger partial charge in [-0.05, 0) is 74.9 Å². The standard InChI is InChI=1S/C26H36O2/c1-5-7-8-17-28-26(6-2)16-13-23-21-10-9-19-18-20(27)11-14-24(19,3)22(21)12-15-25(23,26)4/h2,11,14,18,21-23H,5,7-10,12-13,15-17H2,1,3-4H3/t21-,22+,23+,24+,25+,26+/m1/s1. The summed E-state index contributed by atoms with van der Waals surface area (Å²) in [7, 11) is 0. The highest BCUT2D eigenvalue weighted by Gasteiger charge is 2.64. The van der Waals surface area contributed by atoms with Crippen LogP contribution in [0, 0.1) is 40.9 Å². The Hall–Kier alpha value is -1.33. The molecule has 3 saturated carbocycles. The summed E-state index contributed by atoms with van der Waals surface area (Å²) in [4.78, 5) is 11.9. The SMILES string of the molecule is C#C[C@]1(OCCCCC)CC[C@H]2[C@@H]3CCC4=CC(=O)C=C[C@]4(C)[C@H]3CC[C@@]21C. The lowest BCUT2D eigenvalue weighted by molar-refractivity contribution is -0.125. The molecule has 0 radical (unpaired) electrons. The number of hydrogen-bond donors (Lipinski definition) is 0. The summed E-state index contributed by atoms with van der Waals surface area (Å²) < 4.78 is 6.53. The Kier molecular flexibility index (Phi) is 5.11. The van der Waals surface area contributed by atoms with Crippen LogP contribution in [0.5, 0.6) is 0 Å². The Morgan fingerprint density at radius 2 is 1.96 bits per heavy atom. The molecule has 4 aliphatic carbocycles. The highest BCUT2D eigenvalue weighted by Crippen LogP contribution is 2.67. The summed E-state index contributed by atoms with van der Waals surface area (Å²) in [6.45, 7) is 7.81. The molecule has 0 saturated heterocycles. The highest BCUT2D eigenvalue weighted by molar-refractivity contribution is 6.01. The zero-order valence-corrected chi connectivity index (χ0v) is 17.9. The number of fused-ring (bicyclic) bond motifs is 5. The number of ketones is 1. The Labute approximate surface area is 171 Å². The van der Waals surface area contributed by atoms with E-state index < -0.39 is 0 Å². The molecule has 0 aromatic carbocycles. The average Bonchev–Trinajstić information content (AvgIpc) is 2.99. The van der Waals surface area contributed by atoms with E-state index in [1.54, 1.807) is 6.08 Å². The van der Waals surface area contributed by atoms with E-state index in [0.717, 1.165) is 32.3 Å². The fourth-order valence-electron chi connectivity index (χ4n) is 7.31. The van der Waals surface area contributed by atoms with Crippen molar-refractivity contribution in [2.75, 3.05) is 6.61 Å². The predicted molar refractivity (Wildman–Crippen MR) is 114 cm³/mol. The molecule has 0 unspecified atom stereocenters. The van der Waals surface area contributed by atoms with Crippen LogP contribution in [0.25, 0.3) is 0 Å². The molecule has 2 nitrogen and oxygen atoms in total. The van der Waals surface area contributed by atoms with Gasteiger partial charge in [0, 0.05) is 17.4 Å². The van der Waals surface area contributed by atoms with Crippen molar-refractivity contribution in [3.05, 3.63) is 23.8 Å². The minimum atomic E-state index is -0.383. The predicted octanol–water partition coefficient (Wildman–Crippen LogP) is 5.87. The van der Waals surface area contributed by atoms with Crippen molar-refractivity contribution in [2.24, 2.45) is 28.6 Å². The first-order valence-corrected chi connectivity index (χ1v) is 11.5. The number of allylic oxidation sites excluding steroid dienone is 4. The van der Waals surface area contributed by atoms with Crippen molar-refractivity contribution in [1.29, 1.82) is 0 Å². The third-order valence-electron chi connectivity index (χ3n) is 9.01. The number of ether oxygens (including phenoxy) is 1. The molecule has 4 rings (SSSR count). The van der Waals surface area contributed by atoms with Gasteiger partial charge in [0.25, 0.3) is 0 Å². The summed E-state index contributed by atoms with van der Waals surface area (Å²) in [5, 5.41) is 0. The number of hydrogen-bond acceptors (Lipinski definition) is 2. The Morgan fingerprint density at radius 3 is 2.71 bits per heavy atom. The second kappa shape index (κ2) is 7.17. The monoisotopic (exact) mass is 380 g/mol. The molecule has 0 amide bonds. The van der Waals surface area contributed by atoms with Crippen molar-refractivity contribution in [1.82, 2.24) is 0 Å². The topological polar surface area (TPSA) is 26.3 Å². The largest absolute Gasteiger partial charge is 0.362 e. The summed E-state index contributed by atoms with van der Waals surface area (Å²) in [5.41, 5.74) is 1.12. The lowest BCUT2D eigenvalue weighted by atomic mass is 9.47. The van der Waals surface area contributed by atoms with Crippen LogP contribution in [-0.2, 0) is 9.53 Å². The fourth-order valence-corrected chi connectivity index (χ4v) is 7.31. The normalized spacial score (nSPS) is 44.3. The molecule has 0 bridgehead atoms. The van der Waals surface area contributed by atoms with Crippen LogP contribution >= 0.6 is 0 Å². The van der Waals surface area contributed by atoms with Gasteiger partial charge in [0.05, 0.1) is 0 Å². The molecule has 6 atom stereocenters. The van der Waals surface area contributed by atoms with Crippen LogP contribution in [0.2, 0.25) is 0 Å². The summed E-state index contributed by atoms with van der Waals surface area (Å²) >= 11 is 0. The average molecular weight is 381 g/mol. The molecule has 0 aromatic heterocycles. The number of terminal acetylenes is 1. The van der Waals surface area contributed by atoms with E-state index in [1.807, 2.05) is 6.08 Å². The minimum Gasteiger partial charge on any atom is -0.362 e. The molecule has 152 valence electrons. The Bertz CT molecular complexity index is 740. The van der Waals surface area contributed by atoms with Gasteiger partial charge in [-0.1, -0.05) is 51.2 Å². The molecule has 0 aliphatic heterocycles. The second-order valence-electron chi connectivity index (χ2n) is 10.1. The molecule has 4 aliphatic rings. The van der Waals surface area contributed by atoms with Gasteiger partial charge in [-0.25, -0.2) is 0 Å². The smallest absolute Gasteiger partial charge is 0.178 e. The maximum atomic E-state index is 11.9. The molecule has 28 heavy (non-hydrogen) atoms. The van der Waals surface area contributed by atoms with Crippen LogP contribution in [0.15, 0.2) is 23.8 Å². The van der Waals surface area contributed by atoms with Gasteiger partial charge in [-0.15, -0.1) is 6.42 Å². The molecule has 2 heteroatoms. The quantitative estimate of drug-likeness (QED) is 0.440. The van der Waals surface area contributed by atoms with Gasteiger partial charge in [-0.3, -0.25) is 4.79 Å². The number of carbonyl (C=O) groups excluding carboxylic acids is 1. The van der Waals surface area contributed by atoms with Crippen molar-refractivity contribution < 1.29 is 9.53 Å². The lowest BCUT2D eigenvalue weighted by Gasteiger charge is -2.58. The van der Waals surface area contributed by atoms with E-state index in [2.05, 4.69) is 32.8 Å². The third-order valence-corrected chi connectivity index (χ3v) is 9.01. The number of unbranched alkanes of at least 4 members (excludes halogenated alkanes) is 2. The van der Waals surface area contributed by atoms with Crippen LogP contribution in [-0.4, -0.2) is 18.0 Å². The van der Waals surface area contributed by atoms with Crippen molar-refractivity contribution in [2.45, 2.75) is 84.2 Å². The van der Waals surface area contributed by atoms with Gasteiger partial charge in [-0.2, -0.15) is 0 Å². The first-order valence-electron chi connectivity index (χ1n) is 11.5. The maximum Gasteiger partial charge on any atom is 0.178 e. The second-order valence-corrected chi connectivity index (χ2v) is 10.1. The zero-order chi connectivity index (χ0) is 20.0. The van der Waals surface area contributed by atoms with E-state index in [-0.39, 0.29) is 22.2 Å². The van der Waals surface area contributed by atoms with Gasteiger partial charge in [0.15, 0.2) is 5.78 Å². The van der Waals surface area contributed by atoms with E-state index >= 15 is 0 Å². The fraction of sp³-hybridized carbons (Fsp3) is 0.731. The van der Waals surface area contributed by atoms with Crippen LogP contribution in [0.4, 0.5) is 0 Å². The summed E-state index contributed by atoms with van der Waals surface area (Å²) in [5.74, 6) is 5.29. The maximum absolute atomic E-state index is 11.9. The van der Waals surface area contributed by atoms with Crippen molar-refractivity contribution >= 4 is 5.78 Å². The van der Waals surface area contributed by atoms with Gasteiger partial charge in [0.1, 0.15) is 5.60 Å². The van der Waals surface area contributed by atoms with Crippen LogP contribution in [0.1, 0.15) is 78.6 Å². The number of carbonyl (C=O) groups is 1. The number of rotatable bonds is 5. The minimum absolute atomic E-state index is 0.0571. The Balaban J connectivity index is 1.58. The van der Waals surface area contributed by atoms with Gasteiger partial charge < -0.3 is 4.74 Å². The molecule has 0 heterocycles. The molecule has 0 spiro atoms. The van der Waals surface area contributed by atoms with Gasteiger partial charge >= 0.3 is 0 Å². The summed E-state index contributed by atoms with van der Waals surface area (Å²) in [6, 6.07) is 0. The zero-order valence-electron chi connectivity index (χ0n) is 17.9. The van der Waals surface area contributed by atoms with E-state index in [9.17, 15) is 4.79 Å². The molecule has 3 fully saturated rings. The summed E-state index contributed by atoms with van der Waals surface area (Å²) in [6.07, 6.45) is 22.4.